The molecule has 4 heteroatoms. The first-order chi connectivity index (χ1) is 5.79. The number of hydrogen-bond acceptors (Lipinski definition) is 3. The molecule has 0 aliphatic heterocycles. The van der Waals surface area contributed by atoms with Crippen LogP contribution in [-0.2, 0) is 6.54 Å². The lowest BCUT2D eigenvalue weighted by molar-refractivity contribution is 0.408. The molecule has 0 heterocycles. The number of benzene rings is 1. The average Bonchev–Trinajstić information content (AvgIpc) is 2.05. The molecule has 1 aromatic carbocycles. The molecule has 66 valence electrons. The van der Waals surface area contributed by atoms with Crippen molar-refractivity contribution in [2.24, 2.45) is 5.84 Å². The Morgan fingerprint density at radius 1 is 1.58 bits per heavy atom. The number of hydrazine groups is 1. The first kappa shape index (κ1) is 9.32. The van der Waals surface area contributed by atoms with Crippen LogP contribution in [0.4, 0.5) is 0 Å². The van der Waals surface area contributed by atoms with E-state index in [1.807, 2.05) is 12.1 Å². The molecule has 0 amide bonds. The van der Waals surface area contributed by atoms with Crippen LogP contribution in [0.1, 0.15) is 5.56 Å². The Hall–Kier alpha value is -0.770. The largest absolute Gasteiger partial charge is 0.495 e. The van der Waals surface area contributed by atoms with E-state index in [9.17, 15) is 0 Å². The topological polar surface area (TPSA) is 47.3 Å². The quantitative estimate of drug-likeness (QED) is 0.553. The fourth-order valence-corrected chi connectivity index (χ4v) is 1.30. The van der Waals surface area contributed by atoms with Crippen molar-refractivity contribution in [3.05, 3.63) is 28.8 Å². The predicted octanol–water partition coefficient (Wildman–Crippen LogP) is 1.31. The maximum atomic E-state index is 5.87. The lowest BCUT2D eigenvalue weighted by Gasteiger charge is -2.08. The summed E-state index contributed by atoms with van der Waals surface area (Å²) in [5.74, 6) is 5.86. The molecule has 1 rings (SSSR count). The van der Waals surface area contributed by atoms with Crippen molar-refractivity contribution in [3.63, 3.8) is 0 Å². The summed E-state index contributed by atoms with van der Waals surface area (Å²) in [6.45, 7) is 0.545. The summed E-state index contributed by atoms with van der Waals surface area (Å²) in [5.41, 5.74) is 3.50. The highest BCUT2D eigenvalue weighted by Gasteiger charge is 2.05. The van der Waals surface area contributed by atoms with Crippen molar-refractivity contribution in [2.75, 3.05) is 7.11 Å². The number of rotatable bonds is 3. The molecule has 0 atom stereocenters. The van der Waals surface area contributed by atoms with E-state index in [4.69, 9.17) is 22.2 Å². The van der Waals surface area contributed by atoms with Gasteiger partial charge in [-0.1, -0.05) is 23.7 Å². The van der Waals surface area contributed by atoms with Gasteiger partial charge in [0, 0.05) is 12.1 Å². The molecule has 3 nitrogen and oxygen atoms in total. The van der Waals surface area contributed by atoms with Crippen LogP contribution in [0, 0.1) is 0 Å². The zero-order valence-electron chi connectivity index (χ0n) is 6.80. The lowest BCUT2D eigenvalue weighted by Crippen LogP contribution is -2.21. The number of nitrogens with two attached hydrogens (primary N) is 1. The SMILES string of the molecule is COc1c(Cl)cccc1CNN. The molecule has 0 radical (unpaired) electrons. The second-order valence-electron chi connectivity index (χ2n) is 2.31. The fourth-order valence-electron chi connectivity index (χ4n) is 1.03. The van der Waals surface area contributed by atoms with Crippen LogP contribution in [0.5, 0.6) is 5.75 Å². The van der Waals surface area contributed by atoms with Gasteiger partial charge in [0.05, 0.1) is 12.1 Å². The van der Waals surface area contributed by atoms with Crippen LogP contribution in [0.2, 0.25) is 5.02 Å². The van der Waals surface area contributed by atoms with Crippen LogP contribution in [-0.4, -0.2) is 7.11 Å². The molecule has 0 fully saturated rings. The zero-order chi connectivity index (χ0) is 8.97. The molecule has 0 aromatic heterocycles. The van der Waals surface area contributed by atoms with Crippen LogP contribution in [0.3, 0.4) is 0 Å². The summed E-state index contributed by atoms with van der Waals surface area (Å²) in [4.78, 5) is 0. The van der Waals surface area contributed by atoms with Gasteiger partial charge in [0.2, 0.25) is 0 Å². The van der Waals surface area contributed by atoms with Crippen molar-refractivity contribution in [1.29, 1.82) is 0 Å². The van der Waals surface area contributed by atoms with E-state index in [0.29, 0.717) is 17.3 Å². The Labute approximate surface area is 76.4 Å². The molecule has 0 saturated heterocycles. The van der Waals surface area contributed by atoms with Crippen molar-refractivity contribution in [3.8, 4) is 5.75 Å². The molecule has 1 aromatic rings. The molecular formula is C8H11ClN2O. The number of methoxy groups -OCH3 is 1. The highest BCUT2D eigenvalue weighted by atomic mass is 35.5. The van der Waals surface area contributed by atoms with Gasteiger partial charge in [-0.15, -0.1) is 0 Å². The number of nitrogens with one attached hydrogen (secondary N) is 1. The highest BCUT2D eigenvalue weighted by Crippen LogP contribution is 2.27. The van der Waals surface area contributed by atoms with Crippen molar-refractivity contribution < 1.29 is 4.74 Å². The molecular weight excluding hydrogens is 176 g/mol. The van der Waals surface area contributed by atoms with Gasteiger partial charge in [0.25, 0.3) is 0 Å². The highest BCUT2D eigenvalue weighted by molar-refractivity contribution is 6.32. The molecule has 0 aliphatic carbocycles. The minimum Gasteiger partial charge on any atom is -0.495 e. The van der Waals surface area contributed by atoms with Crippen LogP contribution < -0.4 is 16.0 Å². The van der Waals surface area contributed by atoms with E-state index >= 15 is 0 Å². The number of ether oxygens (including phenoxy) is 1. The smallest absolute Gasteiger partial charge is 0.141 e. The van der Waals surface area contributed by atoms with E-state index in [1.165, 1.54) is 0 Å². The van der Waals surface area contributed by atoms with Crippen LogP contribution in [0.25, 0.3) is 0 Å². The third-order valence-corrected chi connectivity index (χ3v) is 1.84. The maximum Gasteiger partial charge on any atom is 0.141 e. The molecule has 0 spiro atoms. The molecule has 0 bridgehead atoms. The van der Waals surface area contributed by atoms with Crippen LogP contribution >= 0.6 is 11.6 Å². The summed E-state index contributed by atoms with van der Waals surface area (Å²) in [6.07, 6.45) is 0. The van der Waals surface area contributed by atoms with Crippen LogP contribution in [0.15, 0.2) is 18.2 Å². The lowest BCUT2D eigenvalue weighted by atomic mass is 10.2. The monoisotopic (exact) mass is 186 g/mol. The summed E-state index contributed by atoms with van der Waals surface area (Å²) in [6, 6.07) is 5.54. The predicted molar refractivity (Wildman–Crippen MR) is 49.0 cm³/mol. The van der Waals surface area contributed by atoms with Gasteiger partial charge in [-0.25, -0.2) is 0 Å². The fraction of sp³-hybridized carbons (Fsp3) is 0.250. The second kappa shape index (κ2) is 4.30. The number of hydrogen-bond donors (Lipinski definition) is 2. The van der Waals surface area contributed by atoms with E-state index in [1.54, 1.807) is 13.2 Å². The first-order valence-electron chi connectivity index (χ1n) is 3.54. The van der Waals surface area contributed by atoms with E-state index in [0.717, 1.165) is 5.56 Å². The molecule has 3 N–H and O–H groups in total. The number of halogens is 1. The summed E-state index contributed by atoms with van der Waals surface area (Å²) < 4.78 is 5.10. The Morgan fingerprint density at radius 2 is 2.33 bits per heavy atom. The van der Waals surface area contributed by atoms with Gasteiger partial charge in [-0.2, -0.15) is 0 Å². The number of para-hydroxylation sites is 1. The minimum atomic E-state index is 0.545. The van der Waals surface area contributed by atoms with E-state index in [-0.39, 0.29) is 0 Å². The molecule has 12 heavy (non-hydrogen) atoms. The summed E-state index contributed by atoms with van der Waals surface area (Å²) in [7, 11) is 1.58. The Morgan fingerprint density at radius 3 is 2.92 bits per heavy atom. The van der Waals surface area contributed by atoms with Crippen molar-refractivity contribution in [1.82, 2.24) is 5.43 Å². The van der Waals surface area contributed by atoms with Gasteiger partial charge in [0.1, 0.15) is 5.75 Å². The summed E-state index contributed by atoms with van der Waals surface area (Å²) >= 11 is 5.87. The standard InChI is InChI=1S/C8H11ClN2O/c1-12-8-6(5-11-10)3-2-4-7(8)9/h2-4,11H,5,10H2,1H3. The third-order valence-electron chi connectivity index (χ3n) is 1.55. The summed E-state index contributed by atoms with van der Waals surface area (Å²) in [5, 5.41) is 0.602. The Balaban J connectivity index is 3.00. The third kappa shape index (κ3) is 1.88. The average molecular weight is 187 g/mol. The maximum absolute atomic E-state index is 5.87. The van der Waals surface area contributed by atoms with Crippen molar-refractivity contribution >= 4 is 11.6 Å². The Kier molecular flexibility index (Phi) is 3.34. The molecule has 0 aliphatic rings. The van der Waals surface area contributed by atoms with E-state index < -0.39 is 0 Å². The first-order valence-corrected chi connectivity index (χ1v) is 3.92. The zero-order valence-corrected chi connectivity index (χ0v) is 7.56. The van der Waals surface area contributed by atoms with Crippen molar-refractivity contribution in [2.45, 2.75) is 6.54 Å². The normalized spacial score (nSPS) is 9.92. The van der Waals surface area contributed by atoms with Gasteiger partial charge < -0.3 is 4.74 Å². The molecule has 0 saturated carbocycles. The minimum absolute atomic E-state index is 0.545. The second-order valence-corrected chi connectivity index (χ2v) is 2.72. The Bertz CT molecular complexity index is 265. The molecule has 0 unspecified atom stereocenters. The van der Waals surface area contributed by atoms with Gasteiger partial charge in [0.15, 0.2) is 0 Å². The van der Waals surface area contributed by atoms with Gasteiger partial charge >= 0.3 is 0 Å². The van der Waals surface area contributed by atoms with Gasteiger partial charge in [-0.05, 0) is 6.07 Å². The van der Waals surface area contributed by atoms with E-state index in [2.05, 4.69) is 5.43 Å². The van der Waals surface area contributed by atoms with Gasteiger partial charge in [-0.3, -0.25) is 11.3 Å².